The summed E-state index contributed by atoms with van der Waals surface area (Å²) in [5, 5.41) is 12.0. The highest BCUT2D eigenvalue weighted by Gasteiger charge is 2.04. The molecule has 0 unspecified atom stereocenters. The maximum atomic E-state index is 11.2. The second-order valence-electron chi connectivity index (χ2n) is 3.65. The number of methoxy groups -OCH3 is 1. The van der Waals surface area contributed by atoms with Crippen LogP contribution in [0.4, 0.5) is 0 Å². The number of nitrogens with one attached hydrogen (secondary N) is 1. The van der Waals surface area contributed by atoms with Gasteiger partial charge in [0.05, 0.1) is 19.3 Å². The molecule has 4 nitrogen and oxygen atoms in total. The van der Waals surface area contributed by atoms with Gasteiger partial charge in [0.25, 0.3) is 0 Å². The van der Waals surface area contributed by atoms with Crippen LogP contribution >= 0.6 is 0 Å². The summed E-state index contributed by atoms with van der Waals surface area (Å²) in [4.78, 5) is 11.2. The molecule has 2 N–H and O–H groups in total. The molecule has 0 bridgehead atoms. The number of aliphatic hydroxyl groups is 1. The molecule has 0 aliphatic carbocycles. The van der Waals surface area contributed by atoms with Crippen LogP contribution in [0.15, 0.2) is 24.3 Å². The molecule has 0 aliphatic rings. The van der Waals surface area contributed by atoms with Crippen molar-refractivity contribution >= 4 is 5.97 Å². The monoisotopic (exact) mass is 223 g/mol. The van der Waals surface area contributed by atoms with Gasteiger partial charge in [0.15, 0.2) is 0 Å². The van der Waals surface area contributed by atoms with Crippen molar-refractivity contribution < 1.29 is 14.6 Å². The summed E-state index contributed by atoms with van der Waals surface area (Å²) in [6, 6.07) is 7.26. The van der Waals surface area contributed by atoms with Crippen LogP contribution in [0.1, 0.15) is 22.8 Å². The predicted octanol–water partition coefficient (Wildman–Crippen LogP) is 0.944. The molecule has 16 heavy (non-hydrogen) atoms. The van der Waals surface area contributed by atoms with Crippen molar-refractivity contribution in [3.8, 4) is 0 Å². The number of aliphatic hydroxyl groups excluding tert-OH is 1. The Balaban J connectivity index is 2.54. The lowest BCUT2D eigenvalue weighted by Crippen LogP contribution is -2.28. The third kappa shape index (κ3) is 3.64. The second-order valence-corrected chi connectivity index (χ2v) is 3.65. The third-order valence-electron chi connectivity index (χ3n) is 2.30. The Kier molecular flexibility index (Phi) is 4.95. The molecule has 0 aliphatic heterocycles. The van der Waals surface area contributed by atoms with Crippen molar-refractivity contribution in [2.45, 2.75) is 19.5 Å². The van der Waals surface area contributed by atoms with E-state index in [4.69, 9.17) is 5.11 Å². The molecule has 0 amide bonds. The first-order valence-corrected chi connectivity index (χ1v) is 5.19. The highest BCUT2D eigenvalue weighted by atomic mass is 16.5. The first kappa shape index (κ1) is 12.7. The Morgan fingerprint density at radius 1 is 1.44 bits per heavy atom. The second kappa shape index (κ2) is 6.25. The van der Waals surface area contributed by atoms with E-state index in [1.807, 2.05) is 19.1 Å². The lowest BCUT2D eigenvalue weighted by atomic mass is 10.1. The van der Waals surface area contributed by atoms with E-state index < -0.39 is 0 Å². The summed E-state index contributed by atoms with van der Waals surface area (Å²) >= 11 is 0. The van der Waals surface area contributed by atoms with Crippen molar-refractivity contribution in [1.29, 1.82) is 0 Å². The quantitative estimate of drug-likeness (QED) is 0.729. The summed E-state index contributed by atoms with van der Waals surface area (Å²) < 4.78 is 4.60. The molecule has 0 spiro atoms. The Morgan fingerprint density at radius 3 is 2.56 bits per heavy atom. The number of carbonyl (C=O) groups excluding carboxylic acids is 1. The Labute approximate surface area is 95.2 Å². The molecule has 1 rings (SSSR count). The van der Waals surface area contributed by atoms with E-state index in [0.29, 0.717) is 12.1 Å². The molecule has 0 heterocycles. The molecule has 0 saturated carbocycles. The molecule has 0 radical (unpaired) electrons. The minimum Gasteiger partial charge on any atom is -0.465 e. The van der Waals surface area contributed by atoms with Gasteiger partial charge in [0, 0.05) is 12.6 Å². The zero-order chi connectivity index (χ0) is 12.0. The molecular formula is C12H17NO3. The van der Waals surface area contributed by atoms with E-state index in [1.54, 1.807) is 12.1 Å². The van der Waals surface area contributed by atoms with Crippen LogP contribution in [0, 0.1) is 0 Å². The Morgan fingerprint density at radius 2 is 2.06 bits per heavy atom. The van der Waals surface area contributed by atoms with E-state index in [9.17, 15) is 4.79 Å². The van der Waals surface area contributed by atoms with Crippen molar-refractivity contribution in [3.63, 3.8) is 0 Å². The van der Waals surface area contributed by atoms with E-state index in [0.717, 1.165) is 5.56 Å². The molecular weight excluding hydrogens is 206 g/mol. The fourth-order valence-corrected chi connectivity index (χ4v) is 1.23. The number of esters is 1. The van der Waals surface area contributed by atoms with Crippen molar-refractivity contribution in [2.75, 3.05) is 13.7 Å². The van der Waals surface area contributed by atoms with Gasteiger partial charge < -0.3 is 15.2 Å². The van der Waals surface area contributed by atoms with E-state index in [-0.39, 0.29) is 18.6 Å². The van der Waals surface area contributed by atoms with Gasteiger partial charge in [-0.2, -0.15) is 0 Å². The lowest BCUT2D eigenvalue weighted by Gasteiger charge is -2.10. The minimum absolute atomic E-state index is 0.0697. The van der Waals surface area contributed by atoms with Crippen LogP contribution in [-0.4, -0.2) is 30.8 Å². The molecule has 1 aromatic rings. The zero-order valence-electron chi connectivity index (χ0n) is 9.56. The zero-order valence-corrected chi connectivity index (χ0v) is 9.56. The van der Waals surface area contributed by atoms with E-state index >= 15 is 0 Å². The fourth-order valence-electron chi connectivity index (χ4n) is 1.23. The smallest absolute Gasteiger partial charge is 0.337 e. The number of ether oxygens (including phenoxy) is 1. The van der Waals surface area contributed by atoms with Crippen LogP contribution in [0.3, 0.4) is 0 Å². The highest BCUT2D eigenvalue weighted by Crippen LogP contribution is 2.05. The first-order chi connectivity index (χ1) is 7.67. The summed E-state index contributed by atoms with van der Waals surface area (Å²) in [7, 11) is 1.36. The summed E-state index contributed by atoms with van der Waals surface area (Å²) in [6.07, 6.45) is 0. The van der Waals surface area contributed by atoms with Gasteiger partial charge in [0.2, 0.25) is 0 Å². The maximum absolute atomic E-state index is 11.2. The molecule has 0 saturated heterocycles. The van der Waals surface area contributed by atoms with Gasteiger partial charge in [-0.3, -0.25) is 0 Å². The molecule has 0 fully saturated rings. The number of rotatable bonds is 5. The largest absolute Gasteiger partial charge is 0.465 e. The molecule has 0 aromatic heterocycles. The highest BCUT2D eigenvalue weighted by molar-refractivity contribution is 5.89. The van der Waals surface area contributed by atoms with Gasteiger partial charge in [0.1, 0.15) is 0 Å². The molecule has 1 aromatic carbocycles. The topological polar surface area (TPSA) is 58.6 Å². The fraction of sp³-hybridized carbons (Fsp3) is 0.417. The van der Waals surface area contributed by atoms with Crippen LogP contribution < -0.4 is 5.32 Å². The van der Waals surface area contributed by atoms with E-state index in [1.165, 1.54) is 7.11 Å². The standard InChI is InChI=1S/C12H17NO3/c1-9(8-14)13-7-10-3-5-11(6-4-10)12(15)16-2/h3-6,9,13-14H,7-8H2,1-2H3/t9-/m1/s1. The first-order valence-electron chi connectivity index (χ1n) is 5.19. The molecule has 88 valence electrons. The van der Waals surface area contributed by atoms with Crippen molar-refractivity contribution in [3.05, 3.63) is 35.4 Å². The van der Waals surface area contributed by atoms with Crippen LogP contribution in [0.25, 0.3) is 0 Å². The normalized spacial score (nSPS) is 12.2. The van der Waals surface area contributed by atoms with Gasteiger partial charge in [-0.15, -0.1) is 0 Å². The lowest BCUT2D eigenvalue weighted by molar-refractivity contribution is 0.0600. The Hall–Kier alpha value is -1.39. The number of hydrogen-bond acceptors (Lipinski definition) is 4. The third-order valence-corrected chi connectivity index (χ3v) is 2.30. The summed E-state index contributed by atoms with van der Waals surface area (Å²) in [5.74, 6) is -0.330. The maximum Gasteiger partial charge on any atom is 0.337 e. The van der Waals surface area contributed by atoms with Gasteiger partial charge in [-0.05, 0) is 24.6 Å². The van der Waals surface area contributed by atoms with Crippen LogP contribution in [0.5, 0.6) is 0 Å². The number of benzene rings is 1. The van der Waals surface area contributed by atoms with Crippen LogP contribution in [-0.2, 0) is 11.3 Å². The number of hydrogen-bond donors (Lipinski definition) is 2. The SMILES string of the molecule is COC(=O)c1ccc(CN[C@H](C)CO)cc1. The predicted molar refractivity (Wildman–Crippen MR) is 61.2 cm³/mol. The Bertz CT molecular complexity index is 335. The molecule has 1 atom stereocenters. The van der Waals surface area contributed by atoms with Gasteiger partial charge in [-0.25, -0.2) is 4.79 Å². The van der Waals surface area contributed by atoms with Gasteiger partial charge >= 0.3 is 5.97 Å². The summed E-state index contributed by atoms with van der Waals surface area (Å²) in [6.45, 7) is 2.69. The minimum atomic E-state index is -0.330. The van der Waals surface area contributed by atoms with Gasteiger partial charge in [-0.1, -0.05) is 12.1 Å². The number of carbonyl (C=O) groups is 1. The average Bonchev–Trinajstić information content (AvgIpc) is 2.35. The summed E-state index contributed by atoms with van der Waals surface area (Å²) in [5.41, 5.74) is 1.61. The van der Waals surface area contributed by atoms with E-state index in [2.05, 4.69) is 10.1 Å². The average molecular weight is 223 g/mol. The van der Waals surface area contributed by atoms with Crippen LogP contribution in [0.2, 0.25) is 0 Å². The molecule has 4 heteroatoms. The van der Waals surface area contributed by atoms with Crippen molar-refractivity contribution in [2.24, 2.45) is 0 Å². The van der Waals surface area contributed by atoms with Crippen molar-refractivity contribution in [1.82, 2.24) is 5.32 Å².